The molecule has 1 aliphatic rings. The Kier molecular flexibility index (Phi) is 3.22. The maximum absolute atomic E-state index is 5.74. The summed E-state index contributed by atoms with van der Waals surface area (Å²) in [5.41, 5.74) is 8.15. The fourth-order valence-electron chi connectivity index (χ4n) is 2.89. The standard InChI is InChI=1S/C14H19N3S/c1-2-11-4-3-7-17(11)9-10-5-6-12-13(8-10)18-14(15)16-12/h5-6,8,11H,2-4,7,9H2,1H3,(H2,15,16). The predicted molar refractivity (Wildman–Crippen MR) is 77.8 cm³/mol. The van der Waals surface area contributed by atoms with Crippen molar-refractivity contribution in [2.45, 2.75) is 38.8 Å². The van der Waals surface area contributed by atoms with Crippen molar-refractivity contribution in [1.29, 1.82) is 0 Å². The number of thiazole rings is 1. The van der Waals surface area contributed by atoms with Gasteiger partial charge in [-0.3, -0.25) is 4.90 Å². The Hall–Kier alpha value is -1.13. The lowest BCUT2D eigenvalue weighted by Gasteiger charge is -2.23. The van der Waals surface area contributed by atoms with Gasteiger partial charge in [-0.2, -0.15) is 0 Å². The van der Waals surface area contributed by atoms with Gasteiger partial charge >= 0.3 is 0 Å². The summed E-state index contributed by atoms with van der Waals surface area (Å²) in [5.74, 6) is 0. The van der Waals surface area contributed by atoms with Crippen molar-refractivity contribution < 1.29 is 0 Å². The number of nitrogens with zero attached hydrogens (tertiary/aromatic N) is 2. The molecule has 0 spiro atoms. The Morgan fingerprint density at radius 2 is 2.39 bits per heavy atom. The SMILES string of the molecule is CCC1CCCN1Cc1ccc2nc(N)sc2c1. The fourth-order valence-corrected chi connectivity index (χ4v) is 3.68. The minimum Gasteiger partial charge on any atom is -0.375 e. The Morgan fingerprint density at radius 3 is 3.22 bits per heavy atom. The van der Waals surface area contributed by atoms with Gasteiger partial charge in [0.25, 0.3) is 0 Å². The molecule has 4 heteroatoms. The summed E-state index contributed by atoms with van der Waals surface area (Å²) in [6.07, 6.45) is 3.95. The molecule has 2 N–H and O–H groups in total. The van der Waals surface area contributed by atoms with E-state index in [9.17, 15) is 0 Å². The van der Waals surface area contributed by atoms with E-state index < -0.39 is 0 Å². The molecule has 18 heavy (non-hydrogen) atoms. The quantitative estimate of drug-likeness (QED) is 0.922. The van der Waals surface area contributed by atoms with Gasteiger partial charge in [0, 0.05) is 12.6 Å². The van der Waals surface area contributed by atoms with Gasteiger partial charge < -0.3 is 5.73 Å². The second-order valence-electron chi connectivity index (χ2n) is 5.03. The number of hydrogen-bond donors (Lipinski definition) is 1. The number of hydrogen-bond acceptors (Lipinski definition) is 4. The molecule has 1 atom stereocenters. The van der Waals surface area contributed by atoms with E-state index in [2.05, 4.69) is 35.0 Å². The third kappa shape index (κ3) is 2.22. The van der Waals surface area contributed by atoms with Crippen LogP contribution in [-0.2, 0) is 6.54 Å². The van der Waals surface area contributed by atoms with Crippen molar-refractivity contribution >= 4 is 26.7 Å². The maximum atomic E-state index is 5.74. The van der Waals surface area contributed by atoms with Crippen LogP contribution in [0.4, 0.5) is 5.13 Å². The predicted octanol–water partition coefficient (Wildman–Crippen LogP) is 3.25. The molecule has 96 valence electrons. The van der Waals surface area contributed by atoms with E-state index in [-0.39, 0.29) is 0 Å². The summed E-state index contributed by atoms with van der Waals surface area (Å²) in [6.45, 7) is 4.59. The second kappa shape index (κ2) is 4.86. The molecule has 1 unspecified atom stereocenters. The summed E-state index contributed by atoms with van der Waals surface area (Å²) >= 11 is 1.58. The lowest BCUT2D eigenvalue weighted by atomic mass is 10.1. The third-order valence-electron chi connectivity index (χ3n) is 3.83. The number of nitrogens with two attached hydrogens (primary N) is 1. The van der Waals surface area contributed by atoms with Crippen LogP contribution in [0.1, 0.15) is 31.7 Å². The third-order valence-corrected chi connectivity index (χ3v) is 4.67. The van der Waals surface area contributed by atoms with E-state index in [1.807, 2.05) is 0 Å². The van der Waals surface area contributed by atoms with Crippen LogP contribution in [0.2, 0.25) is 0 Å². The van der Waals surface area contributed by atoms with Crippen molar-refractivity contribution in [1.82, 2.24) is 9.88 Å². The van der Waals surface area contributed by atoms with Crippen LogP contribution < -0.4 is 5.73 Å². The highest BCUT2D eigenvalue weighted by atomic mass is 32.1. The molecular formula is C14H19N3S. The number of nitrogen functional groups attached to an aromatic ring is 1. The van der Waals surface area contributed by atoms with Crippen molar-refractivity contribution in [3.8, 4) is 0 Å². The molecule has 1 fully saturated rings. The molecule has 0 aliphatic carbocycles. The molecule has 3 nitrogen and oxygen atoms in total. The highest BCUT2D eigenvalue weighted by Crippen LogP contribution is 2.27. The van der Waals surface area contributed by atoms with Crippen LogP contribution in [0.5, 0.6) is 0 Å². The van der Waals surface area contributed by atoms with Crippen molar-refractivity contribution in [2.75, 3.05) is 12.3 Å². The zero-order valence-electron chi connectivity index (χ0n) is 10.7. The lowest BCUT2D eigenvalue weighted by Crippen LogP contribution is -2.28. The molecule has 0 saturated carbocycles. The van der Waals surface area contributed by atoms with Gasteiger partial charge in [0.1, 0.15) is 0 Å². The summed E-state index contributed by atoms with van der Waals surface area (Å²) < 4.78 is 1.21. The minimum atomic E-state index is 0.662. The first-order valence-electron chi connectivity index (χ1n) is 6.65. The highest BCUT2D eigenvalue weighted by molar-refractivity contribution is 7.22. The second-order valence-corrected chi connectivity index (χ2v) is 6.09. The molecule has 2 aromatic rings. The van der Waals surface area contributed by atoms with E-state index in [4.69, 9.17) is 5.73 Å². The summed E-state index contributed by atoms with van der Waals surface area (Å²) in [4.78, 5) is 6.90. The van der Waals surface area contributed by atoms with Crippen LogP contribution in [0, 0.1) is 0 Å². The maximum Gasteiger partial charge on any atom is 0.181 e. The normalized spacial score (nSPS) is 20.8. The number of benzene rings is 1. The molecule has 0 radical (unpaired) electrons. The average molecular weight is 261 g/mol. The molecular weight excluding hydrogens is 242 g/mol. The molecule has 0 amide bonds. The van der Waals surface area contributed by atoms with E-state index in [1.54, 1.807) is 11.3 Å². The average Bonchev–Trinajstić information content (AvgIpc) is 2.93. The van der Waals surface area contributed by atoms with Gasteiger partial charge in [-0.15, -0.1) is 0 Å². The minimum absolute atomic E-state index is 0.662. The van der Waals surface area contributed by atoms with Crippen LogP contribution in [0.3, 0.4) is 0 Å². The molecule has 0 bridgehead atoms. The van der Waals surface area contributed by atoms with Crippen LogP contribution >= 0.6 is 11.3 Å². The van der Waals surface area contributed by atoms with Gasteiger partial charge in [0.2, 0.25) is 0 Å². The molecule has 1 aromatic carbocycles. The number of rotatable bonds is 3. The Labute approximate surface area is 112 Å². The van der Waals surface area contributed by atoms with Gasteiger partial charge in [-0.25, -0.2) is 4.98 Å². The van der Waals surface area contributed by atoms with Gasteiger partial charge in [-0.1, -0.05) is 24.3 Å². The Morgan fingerprint density at radius 1 is 1.50 bits per heavy atom. The largest absolute Gasteiger partial charge is 0.375 e. The number of likely N-dealkylation sites (tertiary alicyclic amines) is 1. The molecule has 1 saturated heterocycles. The Balaban J connectivity index is 1.81. The number of anilines is 1. The van der Waals surface area contributed by atoms with E-state index >= 15 is 0 Å². The highest BCUT2D eigenvalue weighted by Gasteiger charge is 2.22. The smallest absolute Gasteiger partial charge is 0.181 e. The summed E-state index contributed by atoms with van der Waals surface area (Å²) in [6, 6.07) is 7.29. The monoisotopic (exact) mass is 261 g/mol. The zero-order valence-corrected chi connectivity index (χ0v) is 11.5. The van der Waals surface area contributed by atoms with Crippen LogP contribution in [0.25, 0.3) is 10.2 Å². The molecule has 2 heterocycles. The molecule has 3 rings (SSSR count). The van der Waals surface area contributed by atoms with Crippen molar-refractivity contribution in [3.63, 3.8) is 0 Å². The Bertz CT molecular complexity index is 549. The summed E-state index contributed by atoms with van der Waals surface area (Å²) in [5, 5.41) is 0.662. The van der Waals surface area contributed by atoms with Crippen LogP contribution in [-0.4, -0.2) is 22.5 Å². The van der Waals surface area contributed by atoms with E-state index in [0.717, 1.165) is 18.1 Å². The van der Waals surface area contributed by atoms with Crippen LogP contribution in [0.15, 0.2) is 18.2 Å². The van der Waals surface area contributed by atoms with E-state index in [1.165, 1.54) is 36.1 Å². The fraction of sp³-hybridized carbons (Fsp3) is 0.500. The van der Waals surface area contributed by atoms with Crippen molar-refractivity contribution in [3.05, 3.63) is 23.8 Å². The zero-order chi connectivity index (χ0) is 12.5. The first-order valence-corrected chi connectivity index (χ1v) is 7.47. The first-order chi connectivity index (χ1) is 8.76. The molecule has 1 aliphatic heterocycles. The first kappa shape index (κ1) is 11.9. The lowest BCUT2D eigenvalue weighted by molar-refractivity contribution is 0.240. The summed E-state index contributed by atoms with van der Waals surface area (Å²) in [7, 11) is 0. The van der Waals surface area contributed by atoms with Gasteiger partial charge in [0.15, 0.2) is 5.13 Å². The van der Waals surface area contributed by atoms with E-state index in [0.29, 0.717) is 5.13 Å². The molecule has 1 aromatic heterocycles. The number of aromatic nitrogens is 1. The number of fused-ring (bicyclic) bond motifs is 1. The van der Waals surface area contributed by atoms with Gasteiger partial charge in [0.05, 0.1) is 10.2 Å². The topological polar surface area (TPSA) is 42.2 Å². The van der Waals surface area contributed by atoms with Gasteiger partial charge in [-0.05, 0) is 43.5 Å². The van der Waals surface area contributed by atoms with Crippen molar-refractivity contribution in [2.24, 2.45) is 0 Å².